The molecule has 1 unspecified atom stereocenters. The lowest BCUT2D eigenvalue weighted by Gasteiger charge is -2.19. The van der Waals surface area contributed by atoms with Crippen molar-refractivity contribution >= 4 is 23.6 Å². The standard InChI is InChI=1S/C17H20ClN3O4/c1-10(16(22)23)9-21(3)17(24)19-8-14-20-11(2)15(25-14)12-4-6-13(18)7-5-12/h4-7,10H,8-9H2,1-3H3,(H,19,24)(H,22,23). The van der Waals surface area contributed by atoms with E-state index in [1.807, 2.05) is 19.1 Å². The van der Waals surface area contributed by atoms with E-state index in [1.165, 1.54) is 11.9 Å². The minimum Gasteiger partial charge on any atom is -0.481 e. The zero-order chi connectivity index (χ0) is 18.6. The summed E-state index contributed by atoms with van der Waals surface area (Å²) in [6, 6.07) is 6.80. The summed E-state index contributed by atoms with van der Waals surface area (Å²) in [6.07, 6.45) is 0. The van der Waals surface area contributed by atoms with Crippen molar-refractivity contribution in [2.24, 2.45) is 5.92 Å². The summed E-state index contributed by atoms with van der Waals surface area (Å²) in [5, 5.41) is 12.2. The van der Waals surface area contributed by atoms with Gasteiger partial charge in [0.2, 0.25) is 5.89 Å². The summed E-state index contributed by atoms with van der Waals surface area (Å²) in [5.74, 6) is -0.601. The van der Waals surface area contributed by atoms with Gasteiger partial charge in [0.25, 0.3) is 0 Å². The van der Waals surface area contributed by atoms with E-state index in [9.17, 15) is 9.59 Å². The average molecular weight is 366 g/mol. The van der Waals surface area contributed by atoms with E-state index in [1.54, 1.807) is 19.1 Å². The average Bonchev–Trinajstić information content (AvgIpc) is 2.94. The molecule has 2 amide bonds. The number of nitrogens with one attached hydrogen (secondary N) is 1. The second-order valence-electron chi connectivity index (χ2n) is 5.81. The topological polar surface area (TPSA) is 95.7 Å². The molecule has 7 nitrogen and oxygen atoms in total. The van der Waals surface area contributed by atoms with E-state index >= 15 is 0 Å². The van der Waals surface area contributed by atoms with Crippen molar-refractivity contribution in [1.82, 2.24) is 15.2 Å². The Kier molecular flexibility index (Phi) is 6.03. The zero-order valence-corrected chi connectivity index (χ0v) is 15.0. The number of carboxylic acid groups (broad SMARTS) is 1. The number of aromatic nitrogens is 1. The van der Waals surface area contributed by atoms with Crippen LogP contribution in [0.3, 0.4) is 0 Å². The number of hydrogen-bond donors (Lipinski definition) is 2. The van der Waals surface area contributed by atoms with Gasteiger partial charge in [0.15, 0.2) is 5.76 Å². The molecule has 1 heterocycles. The van der Waals surface area contributed by atoms with Crippen molar-refractivity contribution < 1.29 is 19.1 Å². The Hall–Kier alpha value is -2.54. The predicted octanol–water partition coefficient (Wildman–Crippen LogP) is 3.17. The van der Waals surface area contributed by atoms with Crippen molar-refractivity contribution in [2.45, 2.75) is 20.4 Å². The van der Waals surface area contributed by atoms with Gasteiger partial charge in [0, 0.05) is 24.2 Å². The van der Waals surface area contributed by atoms with Gasteiger partial charge in [-0.15, -0.1) is 0 Å². The number of amides is 2. The van der Waals surface area contributed by atoms with Crippen molar-refractivity contribution in [1.29, 1.82) is 0 Å². The largest absolute Gasteiger partial charge is 0.481 e. The van der Waals surface area contributed by atoms with Gasteiger partial charge in [-0.25, -0.2) is 9.78 Å². The number of oxazole rings is 1. The number of aryl methyl sites for hydroxylation is 1. The second-order valence-corrected chi connectivity index (χ2v) is 6.24. The molecular weight excluding hydrogens is 346 g/mol. The highest BCUT2D eigenvalue weighted by Crippen LogP contribution is 2.25. The van der Waals surface area contributed by atoms with E-state index in [2.05, 4.69) is 10.3 Å². The number of carboxylic acids is 1. The normalized spacial score (nSPS) is 11.8. The van der Waals surface area contributed by atoms with Crippen LogP contribution in [0.15, 0.2) is 28.7 Å². The Morgan fingerprint density at radius 2 is 2.00 bits per heavy atom. The molecule has 0 saturated carbocycles. The SMILES string of the molecule is Cc1nc(CNC(=O)N(C)CC(C)C(=O)O)oc1-c1ccc(Cl)cc1. The number of benzene rings is 1. The fourth-order valence-electron chi connectivity index (χ4n) is 2.25. The lowest BCUT2D eigenvalue weighted by atomic mass is 10.1. The van der Waals surface area contributed by atoms with Crippen LogP contribution in [0.5, 0.6) is 0 Å². The molecule has 0 aliphatic carbocycles. The minimum absolute atomic E-state index is 0.110. The second kappa shape index (κ2) is 8.02. The van der Waals surface area contributed by atoms with Crippen LogP contribution in [0.2, 0.25) is 5.02 Å². The third kappa shape index (κ3) is 4.96. The summed E-state index contributed by atoms with van der Waals surface area (Å²) in [6.45, 7) is 3.59. The van der Waals surface area contributed by atoms with Crippen molar-refractivity contribution in [3.8, 4) is 11.3 Å². The quantitative estimate of drug-likeness (QED) is 0.819. The first kappa shape index (κ1) is 18.8. The highest BCUT2D eigenvalue weighted by molar-refractivity contribution is 6.30. The first-order valence-electron chi connectivity index (χ1n) is 7.72. The number of urea groups is 1. The molecule has 2 aromatic rings. The molecule has 0 saturated heterocycles. The lowest BCUT2D eigenvalue weighted by Crippen LogP contribution is -2.40. The molecule has 8 heteroatoms. The number of carbonyl (C=O) groups excluding carboxylic acids is 1. The first-order chi connectivity index (χ1) is 11.8. The molecule has 1 aromatic carbocycles. The molecule has 0 radical (unpaired) electrons. The van der Waals surface area contributed by atoms with Crippen LogP contribution in [0.25, 0.3) is 11.3 Å². The number of halogens is 1. The van der Waals surface area contributed by atoms with E-state index in [-0.39, 0.29) is 13.1 Å². The molecule has 134 valence electrons. The van der Waals surface area contributed by atoms with Crippen LogP contribution in [0.4, 0.5) is 4.79 Å². The molecule has 0 spiro atoms. The Balaban J connectivity index is 1.97. The number of hydrogen-bond acceptors (Lipinski definition) is 4. The van der Waals surface area contributed by atoms with Crippen LogP contribution in [0.1, 0.15) is 18.5 Å². The molecule has 0 fully saturated rings. The summed E-state index contributed by atoms with van der Waals surface area (Å²) in [4.78, 5) is 28.5. The van der Waals surface area contributed by atoms with E-state index in [4.69, 9.17) is 21.1 Å². The zero-order valence-electron chi connectivity index (χ0n) is 14.2. The Morgan fingerprint density at radius 3 is 2.60 bits per heavy atom. The summed E-state index contributed by atoms with van der Waals surface area (Å²) in [5.41, 5.74) is 1.55. The molecule has 0 aliphatic rings. The van der Waals surface area contributed by atoms with Crippen LogP contribution in [-0.4, -0.2) is 40.6 Å². The first-order valence-corrected chi connectivity index (χ1v) is 8.09. The molecule has 1 atom stereocenters. The molecule has 25 heavy (non-hydrogen) atoms. The lowest BCUT2D eigenvalue weighted by molar-refractivity contribution is -0.141. The van der Waals surface area contributed by atoms with Crippen LogP contribution >= 0.6 is 11.6 Å². The highest BCUT2D eigenvalue weighted by atomic mass is 35.5. The van der Waals surface area contributed by atoms with Crippen molar-refractivity contribution in [3.63, 3.8) is 0 Å². The van der Waals surface area contributed by atoms with Crippen LogP contribution in [-0.2, 0) is 11.3 Å². The maximum atomic E-state index is 12.0. The molecule has 1 aromatic heterocycles. The van der Waals surface area contributed by atoms with E-state index in [0.29, 0.717) is 22.4 Å². The van der Waals surface area contributed by atoms with Gasteiger partial charge in [0.1, 0.15) is 0 Å². The predicted molar refractivity (Wildman–Crippen MR) is 93.4 cm³/mol. The number of aliphatic carboxylic acids is 1. The summed E-state index contributed by atoms with van der Waals surface area (Å²) < 4.78 is 5.71. The Morgan fingerprint density at radius 1 is 1.36 bits per heavy atom. The van der Waals surface area contributed by atoms with E-state index < -0.39 is 17.9 Å². The van der Waals surface area contributed by atoms with Crippen LogP contribution in [0, 0.1) is 12.8 Å². The number of rotatable bonds is 6. The van der Waals surface area contributed by atoms with Gasteiger partial charge in [-0.2, -0.15) is 0 Å². The third-order valence-corrected chi connectivity index (χ3v) is 3.91. The van der Waals surface area contributed by atoms with Gasteiger partial charge >= 0.3 is 12.0 Å². The molecule has 0 aliphatic heterocycles. The Bertz CT molecular complexity index is 758. The number of carbonyl (C=O) groups is 2. The third-order valence-electron chi connectivity index (χ3n) is 3.65. The molecule has 2 N–H and O–H groups in total. The molecular formula is C17H20ClN3O4. The van der Waals surface area contributed by atoms with Crippen LogP contribution < -0.4 is 5.32 Å². The number of nitrogens with zero attached hydrogens (tertiary/aromatic N) is 2. The van der Waals surface area contributed by atoms with Gasteiger partial charge in [-0.1, -0.05) is 18.5 Å². The van der Waals surface area contributed by atoms with E-state index in [0.717, 1.165) is 5.56 Å². The van der Waals surface area contributed by atoms with Crippen molar-refractivity contribution in [2.75, 3.05) is 13.6 Å². The maximum absolute atomic E-state index is 12.0. The maximum Gasteiger partial charge on any atom is 0.317 e. The smallest absolute Gasteiger partial charge is 0.317 e. The summed E-state index contributed by atoms with van der Waals surface area (Å²) >= 11 is 5.88. The monoisotopic (exact) mass is 365 g/mol. The summed E-state index contributed by atoms with van der Waals surface area (Å²) in [7, 11) is 1.54. The fourth-order valence-corrected chi connectivity index (χ4v) is 2.38. The fraction of sp³-hybridized carbons (Fsp3) is 0.353. The molecule has 0 bridgehead atoms. The minimum atomic E-state index is -0.949. The van der Waals surface area contributed by atoms with Gasteiger partial charge < -0.3 is 19.7 Å². The molecule has 2 rings (SSSR count). The Labute approximate surface area is 150 Å². The van der Waals surface area contributed by atoms with Gasteiger partial charge in [0.05, 0.1) is 18.2 Å². The van der Waals surface area contributed by atoms with Gasteiger partial charge in [-0.3, -0.25) is 4.79 Å². The van der Waals surface area contributed by atoms with Gasteiger partial charge in [-0.05, 0) is 31.2 Å². The highest BCUT2D eigenvalue weighted by Gasteiger charge is 2.18. The van der Waals surface area contributed by atoms with Crippen molar-refractivity contribution in [3.05, 3.63) is 40.9 Å².